The summed E-state index contributed by atoms with van der Waals surface area (Å²) in [4.78, 5) is 11.9. The molecule has 0 bridgehead atoms. The predicted octanol–water partition coefficient (Wildman–Crippen LogP) is 4.40. The van der Waals surface area contributed by atoms with E-state index in [1.807, 2.05) is 0 Å². The van der Waals surface area contributed by atoms with Crippen molar-refractivity contribution >= 4 is 27.6 Å². The largest absolute Gasteiger partial charge is 0.462 e. The molecule has 0 aliphatic carbocycles. The quantitative estimate of drug-likeness (QED) is 0.596. The first-order valence-electron chi connectivity index (χ1n) is 6.80. The van der Waals surface area contributed by atoms with Crippen molar-refractivity contribution in [3.05, 3.63) is 28.2 Å². The number of hydrogen-bond acceptors (Lipinski definition) is 3. The lowest BCUT2D eigenvalue weighted by atomic mass is 10.0. The molecule has 4 heteroatoms. The summed E-state index contributed by atoms with van der Waals surface area (Å²) in [5.41, 5.74) is 6.81. The fourth-order valence-electron chi connectivity index (χ4n) is 1.85. The molecule has 106 valence electrons. The number of hydrogen-bond donors (Lipinski definition) is 1. The molecule has 0 spiro atoms. The standard InChI is InChI=1S/C15H22BrNO2/c1-3-5-6-11(4-2)10-19-15(18)12-7-8-13(16)14(17)9-12/h7-9,11H,3-6,10,17H2,1-2H3. The number of benzene rings is 1. The Labute approximate surface area is 123 Å². The first-order chi connectivity index (χ1) is 9.08. The SMILES string of the molecule is CCCCC(CC)COC(=O)c1ccc(Br)c(N)c1. The second-order valence-corrected chi connectivity index (χ2v) is 5.61. The molecule has 1 atom stereocenters. The van der Waals surface area contributed by atoms with Crippen molar-refractivity contribution in [3.63, 3.8) is 0 Å². The van der Waals surface area contributed by atoms with E-state index < -0.39 is 0 Å². The van der Waals surface area contributed by atoms with Crippen LogP contribution in [0.4, 0.5) is 5.69 Å². The van der Waals surface area contributed by atoms with Crippen LogP contribution in [0.25, 0.3) is 0 Å². The number of halogens is 1. The maximum atomic E-state index is 11.9. The number of nitrogen functional groups attached to an aromatic ring is 1. The Hall–Kier alpha value is -1.03. The molecule has 0 aromatic heterocycles. The van der Waals surface area contributed by atoms with Gasteiger partial charge in [-0.25, -0.2) is 4.79 Å². The van der Waals surface area contributed by atoms with E-state index in [0.29, 0.717) is 23.8 Å². The van der Waals surface area contributed by atoms with Crippen LogP contribution in [-0.4, -0.2) is 12.6 Å². The highest BCUT2D eigenvalue weighted by Crippen LogP contribution is 2.21. The Kier molecular flexibility index (Phi) is 6.92. The number of carbonyl (C=O) groups is 1. The van der Waals surface area contributed by atoms with E-state index in [9.17, 15) is 4.79 Å². The summed E-state index contributed by atoms with van der Waals surface area (Å²) < 4.78 is 6.15. The van der Waals surface area contributed by atoms with Gasteiger partial charge in [0.1, 0.15) is 0 Å². The summed E-state index contributed by atoms with van der Waals surface area (Å²) in [6.45, 7) is 4.79. The first-order valence-corrected chi connectivity index (χ1v) is 7.59. The molecule has 3 nitrogen and oxygen atoms in total. The van der Waals surface area contributed by atoms with Gasteiger partial charge >= 0.3 is 5.97 Å². The average Bonchev–Trinajstić information content (AvgIpc) is 2.41. The van der Waals surface area contributed by atoms with E-state index >= 15 is 0 Å². The second-order valence-electron chi connectivity index (χ2n) is 4.75. The van der Waals surface area contributed by atoms with Gasteiger partial charge in [-0.05, 0) is 46.5 Å². The maximum absolute atomic E-state index is 11.9. The van der Waals surface area contributed by atoms with Gasteiger partial charge in [0.15, 0.2) is 0 Å². The monoisotopic (exact) mass is 327 g/mol. The Morgan fingerprint density at radius 1 is 1.42 bits per heavy atom. The van der Waals surface area contributed by atoms with Gasteiger partial charge in [0.25, 0.3) is 0 Å². The number of anilines is 1. The molecule has 0 aliphatic heterocycles. The zero-order valence-electron chi connectivity index (χ0n) is 11.6. The van der Waals surface area contributed by atoms with E-state index in [1.165, 1.54) is 12.8 Å². The molecule has 19 heavy (non-hydrogen) atoms. The molecule has 1 aromatic rings. The van der Waals surface area contributed by atoms with Gasteiger partial charge in [0.05, 0.1) is 12.2 Å². The number of ether oxygens (including phenoxy) is 1. The van der Waals surface area contributed by atoms with Crippen LogP contribution < -0.4 is 5.73 Å². The van der Waals surface area contributed by atoms with Crippen molar-refractivity contribution in [1.82, 2.24) is 0 Å². The van der Waals surface area contributed by atoms with E-state index in [2.05, 4.69) is 29.8 Å². The second kappa shape index (κ2) is 8.20. The van der Waals surface area contributed by atoms with Gasteiger partial charge in [0, 0.05) is 10.2 Å². The summed E-state index contributed by atoms with van der Waals surface area (Å²) >= 11 is 3.30. The molecule has 0 fully saturated rings. The zero-order chi connectivity index (χ0) is 14.3. The van der Waals surface area contributed by atoms with Crippen molar-refractivity contribution in [3.8, 4) is 0 Å². The molecule has 0 saturated heterocycles. The van der Waals surface area contributed by atoms with Crippen LogP contribution in [0.1, 0.15) is 49.9 Å². The topological polar surface area (TPSA) is 52.3 Å². The normalized spacial score (nSPS) is 12.2. The summed E-state index contributed by atoms with van der Waals surface area (Å²) in [6, 6.07) is 5.12. The number of rotatable bonds is 7. The van der Waals surface area contributed by atoms with Crippen molar-refractivity contribution in [1.29, 1.82) is 0 Å². The van der Waals surface area contributed by atoms with Gasteiger partial charge in [-0.15, -0.1) is 0 Å². The summed E-state index contributed by atoms with van der Waals surface area (Å²) in [6.07, 6.45) is 4.51. The lowest BCUT2D eigenvalue weighted by Crippen LogP contribution is -2.14. The lowest BCUT2D eigenvalue weighted by Gasteiger charge is -2.14. The van der Waals surface area contributed by atoms with Crippen molar-refractivity contribution < 1.29 is 9.53 Å². The molecule has 0 saturated carbocycles. The fourth-order valence-corrected chi connectivity index (χ4v) is 2.09. The Morgan fingerprint density at radius 2 is 2.16 bits per heavy atom. The molecule has 0 amide bonds. The molecule has 1 unspecified atom stereocenters. The third kappa shape index (κ3) is 5.23. The highest BCUT2D eigenvalue weighted by molar-refractivity contribution is 9.10. The Morgan fingerprint density at radius 3 is 2.74 bits per heavy atom. The molecule has 1 rings (SSSR count). The maximum Gasteiger partial charge on any atom is 0.338 e. The molecule has 0 aliphatic rings. The van der Waals surface area contributed by atoms with Crippen LogP contribution in [0, 0.1) is 5.92 Å². The van der Waals surface area contributed by atoms with Crippen LogP contribution in [0.5, 0.6) is 0 Å². The van der Waals surface area contributed by atoms with Crippen molar-refractivity contribution in [2.24, 2.45) is 5.92 Å². The number of carbonyl (C=O) groups excluding carboxylic acids is 1. The van der Waals surface area contributed by atoms with Crippen LogP contribution in [0.15, 0.2) is 22.7 Å². The number of nitrogens with two attached hydrogens (primary N) is 1. The Bertz CT molecular complexity index is 421. The minimum absolute atomic E-state index is 0.297. The molecular weight excluding hydrogens is 306 g/mol. The highest BCUT2D eigenvalue weighted by atomic mass is 79.9. The lowest BCUT2D eigenvalue weighted by molar-refractivity contribution is 0.0428. The third-order valence-electron chi connectivity index (χ3n) is 3.23. The minimum Gasteiger partial charge on any atom is -0.462 e. The van der Waals surface area contributed by atoms with E-state index in [-0.39, 0.29) is 5.97 Å². The fraction of sp³-hybridized carbons (Fsp3) is 0.533. The van der Waals surface area contributed by atoms with Gasteiger partial charge < -0.3 is 10.5 Å². The van der Waals surface area contributed by atoms with Gasteiger partial charge in [-0.3, -0.25) is 0 Å². The molecular formula is C15H22BrNO2. The summed E-state index contributed by atoms with van der Waals surface area (Å²) in [5.74, 6) is 0.158. The van der Waals surface area contributed by atoms with Crippen LogP contribution in [0.2, 0.25) is 0 Å². The van der Waals surface area contributed by atoms with E-state index in [1.54, 1.807) is 18.2 Å². The Balaban J connectivity index is 2.52. The molecule has 0 radical (unpaired) electrons. The van der Waals surface area contributed by atoms with Crippen molar-refractivity contribution in [2.45, 2.75) is 39.5 Å². The van der Waals surface area contributed by atoms with Crippen molar-refractivity contribution in [2.75, 3.05) is 12.3 Å². The highest BCUT2D eigenvalue weighted by Gasteiger charge is 2.12. The van der Waals surface area contributed by atoms with Crippen LogP contribution in [-0.2, 0) is 4.74 Å². The zero-order valence-corrected chi connectivity index (χ0v) is 13.2. The number of unbranched alkanes of at least 4 members (excludes halogenated alkanes) is 1. The minimum atomic E-state index is -0.297. The predicted molar refractivity (Wildman–Crippen MR) is 82.1 cm³/mol. The van der Waals surface area contributed by atoms with E-state index in [0.717, 1.165) is 17.3 Å². The number of esters is 1. The summed E-state index contributed by atoms with van der Waals surface area (Å²) in [7, 11) is 0. The van der Waals surface area contributed by atoms with Crippen LogP contribution in [0.3, 0.4) is 0 Å². The molecule has 2 N–H and O–H groups in total. The van der Waals surface area contributed by atoms with Gasteiger partial charge in [-0.1, -0.05) is 33.1 Å². The average molecular weight is 328 g/mol. The van der Waals surface area contributed by atoms with Gasteiger partial charge in [-0.2, -0.15) is 0 Å². The third-order valence-corrected chi connectivity index (χ3v) is 3.95. The molecule has 0 heterocycles. The van der Waals surface area contributed by atoms with Gasteiger partial charge in [0.2, 0.25) is 0 Å². The summed E-state index contributed by atoms with van der Waals surface area (Å²) in [5, 5.41) is 0. The smallest absolute Gasteiger partial charge is 0.338 e. The van der Waals surface area contributed by atoms with Crippen LogP contribution >= 0.6 is 15.9 Å². The van der Waals surface area contributed by atoms with E-state index in [4.69, 9.17) is 10.5 Å². The molecule has 1 aromatic carbocycles. The first kappa shape index (κ1) is 16.0.